The molecule has 0 aliphatic carbocycles. The van der Waals surface area contributed by atoms with Gasteiger partial charge in [0.15, 0.2) is 5.75 Å². The van der Waals surface area contributed by atoms with Crippen LogP contribution in [0.1, 0.15) is 6.42 Å². The summed E-state index contributed by atoms with van der Waals surface area (Å²) < 4.78 is 40.3. The number of halogens is 4. The highest BCUT2D eigenvalue weighted by atomic mass is 35.5. The van der Waals surface area contributed by atoms with Crippen molar-refractivity contribution in [3.63, 3.8) is 0 Å². The molecule has 1 aromatic carbocycles. The van der Waals surface area contributed by atoms with Gasteiger partial charge in [0.1, 0.15) is 40.1 Å². The maximum absolute atomic E-state index is 14.6. The summed E-state index contributed by atoms with van der Waals surface area (Å²) in [7, 11) is 0. The molecule has 0 spiro atoms. The minimum absolute atomic E-state index is 0.00831. The number of amides is 1. The van der Waals surface area contributed by atoms with E-state index in [2.05, 4.69) is 37.0 Å². The molecule has 15 heteroatoms. The van der Waals surface area contributed by atoms with Crippen molar-refractivity contribution < 1.29 is 23.0 Å². The van der Waals surface area contributed by atoms with Crippen LogP contribution in [-0.2, 0) is 4.79 Å². The lowest BCUT2D eigenvalue weighted by atomic mass is 10.2. The molecule has 11 nitrogen and oxygen atoms in total. The Hall–Kier alpha value is -3.81. The SMILES string of the molecule is C=CC(=O)N1CCN(c2nc(OC[C@@H]3C[C@H](F)CN3)nc3c(Oc4c(Cl)c(F)cc5[nH]ncc45)nc(Cl)cc23)CC1. The van der Waals surface area contributed by atoms with Gasteiger partial charge in [-0.25, -0.2) is 8.78 Å². The molecular formula is C26H24Cl2F2N8O3. The standard InChI is InChI=1S/C26H24Cl2F2N8O3/c1-2-20(39)37-3-5-38(6-4-37)24-15-8-19(27)33-25(41-23-16-11-32-36-18(16)9-17(30)21(23)28)22(15)34-26(35-24)40-12-14-7-13(29)10-31-14/h2,8-9,11,13-14,31H,1,3-7,10,12H2,(H,32,36)/t13-,14-/m0/s1. The Morgan fingerprint density at radius 3 is 2.71 bits per heavy atom. The van der Waals surface area contributed by atoms with Crippen LogP contribution in [-0.4, -0.2) is 87.5 Å². The van der Waals surface area contributed by atoms with E-state index in [-0.39, 0.29) is 58.4 Å². The number of nitrogens with zero attached hydrogens (tertiary/aromatic N) is 6. The van der Waals surface area contributed by atoms with E-state index in [1.54, 1.807) is 11.0 Å². The molecule has 0 bridgehead atoms. The van der Waals surface area contributed by atoms with Gasteiger partial charge in [0.2, 0.25) is 11.8 Å². The van der Waals surface area contributed by atoms with Gasteiger partial charge >= 0.3 is 6.01 Å². The molecule has 1 amide bonds. The number of fused-ring (bicyclic) bond motifs is 2. The molecule has 2 N–H and O–H groups in total. The molecule has 0 saturated carbocycles. The first-order valence-electron chi connectivity index (χ1n) is 12.8. The van der Waals surface area contributed by atoms with Gasteiger partial charge in [-0.3, -0.25) is 9.89 Å². The molecule has 2 aliphatic rings. The van der Waals surface area contributed by atoms with Gasteiger partial charge < -0.3 is 24.6 Å². The number of benzene rings is 1. The predicted molar refractivity (Wildman–Crippen MR) is 149 cm³/mol. The third kappa shape index (κ3) is 5.44. The fourth-order valence-corrected chi connectivity index (χ4v) is 5.33. The molecule has 4 aromatic rings. The van der Waals surface area contributed by atoms with E-state index in [4.69, 9.17) is 32.7 Å². The van der Waals surface area contributed by atoms with Gasteiger partial charge in [-0.1, -0.05) is 29.8 Å². The average molecular weight is 605 g/mol. The first-order chi connectivity index (χ1) is 19.8. The fourth-order valence-electron chi connectivity index (χ4n) is 4.95. The van der Waals surface area contributed by atoms with Gasteiger partial charge in [0.05, 0.1) is 22.5 Å². The predicted octanol–water partition coefficient (Wildman–Crippen LogP) is 4.05. The zero-order valence-corrected chi connectivity index (χ0v) is 23.1. The Kier molecular flexibility index (Phi) is 7.49. The third-order valence-electron chi connectivity index (χ3n) is 7.02. The van der Waals surface area contributed by atoms with E-state index in [0.717, 1.165) is 0 Å². The molecule has 2 saturated heterocycles. The highest BCUT2D eigenvalue weighted by Crippen LogP contribution is 2.41. The van der Waals surface area contributed by atoms with E-state index in [1.165, 1.54) is 18.3 Å². The topological polar surface area (TPSA) is 121 Å². The number of carbonyl (C=O) groups excluding carboxylic acids is 1. The first-order valence-corrected chi connectivity index (χ1v) is 13.6. The van der Waals surface area contributed by atoms with Crippen LogP contribution in [0.3, 0.4) is 0 Å². The molecule has 2 atom stereocenters. The van der Waals surface area contributed by atoms with E-state index < -0.39 is 12.0 Å². The quantitative estimate of drug-likeness (QED) is 0.237. The number of carbonyl (C=O) groups is 1. The number of pyridine rings is 1. The zero-order chi connectivity index (χ0) is 28.7. The molecule has 214 valence electrons. The smallest absolute Gasteiger partial charge is 0.319 e. The van der Waals surface area contributed by atoms with E-state index in [9.17, 15) is 13.6 Å². The van der Waals surface area contributed by atoms with Crippen LogP contribution < -0.4 is 19.7 Å². The van der Waals surface area contributed by atoms with Crippen molar-refractivity contribution in [1.29, 1.82) is 0 Å². The van der Waals surface area contributed by atoms with Crippen LogP contribution >= 0.6 is 23.2 Å². The number of H-pyrrole nitrogens is 1. The number of hydrogen-bond acceptors (Lipinski definition) is 9. The molecule has 2 fully saturated rings. The van der Waals surface area contributed by atoms with Crippen LogP contribution in [0.2, 0.25) is 10.2 Å². The van der Waals surface area contributed by atoms with Gasteiger partial charge in [-0.15, -0.1) is 0 Å². The number of aromatic nitrogens is 5. The monoisotopic (exact) mass is 604 g/mol. The van der Waals surface area contributed by atoms with E-state index >= 15 is 0 Å². The molecule has 3 aromatic heterocycles. The molecule has 0 unspecified atom stereocenters. The highest BCUT2D eigenvalue weighted by Gasteiger charge is 2.28. The summed E-state index contributed by atoms with van der Waals surface area (Å²) in [4.78, 5) is 29.3. The Balaban J connectivity index is 1.42. The van der Waals surface area contributed by atoms with Crippen molar-refractivity contribution in [1.82, 2.24) is 35.4 Å². The highest BCUT2D eigenvalue weighted by molar-refractivity contribution is 6.33. The second-order valence-corrected chi connectivity index (χ2v) is 10.4. The fraction of sp³-hybridized carbons (Fsp3) is 0.346. The van der Waals surface area contributed by atoms with Crippen LogP contribution in [0.4, 0.5) is 14.6 Å². The van der Waals surface area contributed by atoms with Crippen molar-refractivity contribution >= 4 is 56.7 Å². The van der Waals surface area contributed by atoms with Crippen molar-refractivity contribution in [2.45, 2.75) is 18.6 Å². The van der Waals surface area contributed by atoms with Crippen molar-refractivity contribution in [2.75, 3.05) is 44.2 Å². The zero-order valence-electron chi connectivity index (χ0n) is 21.5. The summed E-state index contributed by atoms with van der Waals surface area (Å²) in [5.41, 5.74) is 0.605. The summed E-state index contributed by atoms with van der Waals surface area (Å²) in [6.45, 7) is 5.74. The number of hydrogen-bond donors (Lipinski definition) is 2. The first kappa shape index (κ1) is 27.4. The number of ether oxygens (including phenoxy) is 2. The van der Waals surface area contributed by atoms with Crippen molar-refractivity contribution in [3.8, 4) is 17.6 Å². The Bertz CT molecular complexity index is 1650. The average Bonchev–Trinajstić information content (AvgIpc) is 3.62. The summed E-state index contributed by atoms with van der Waals surface area (Å²) in [5.74, 6) is -0.469. The van der Waals surface area contributed by atoms with E-state index in [1.807, 2.05) is 4.90 Å². The molecule has 6 rings (SSSR count). The maximum atomic E-state index is 14.6. The Morgan fingerprint density at radius 1 is 1.17 bits per heavy atom. The number of piperazine rings is 1. The van der Waals surface area contributed by atoms with Gasteiger partial charge in [0, 0.05) is 44.8 Å². The number of alkyl halides is 1. The molecular weight excluding hydrogens is 581 g/mol. The largest absolute Gasteiger partial charge is 0.462 e. The minimum Gasteiger partial charge on any atom is -0.462 e. The summed E-state index contributed by atoms with van der Waals surface area (Å²) in [6.07, 6.45) is 2.09. The second-order valence-electron chi connectivity index (χ2n) is 9.68. The van der Waals surface area contributed by atoms with Gasteiger partial charge in [-0.2, -0.15) is 20.1 Å². The Labute approximate surface area is 242 Å². The number of rotatable bonds is 7. The summed E-state index contributed by atoms with van der Waals surface area (Å²) >= 11 is 12.7. The lowest BCUT2D eigenvalue weighted by molar-refractivity contribution is -0.126. The summed E-state index contributed by atoms with van der Waals surface area (Å²) in [5, 5.41) is 10.4. The number of anilines is 1. The van der Waals surface area contributed by atoms with Crippen LogP contribution in [0.25, 0.3) is 21.8 Å². The molecule has 5 heterocycles. The summed E-state index contributed by atoms with van der Waals surface area (Å²) in [6, 6.07) is 2.61. The van der Waals surface area contributed by atoms with Crippen LogP contribution in [0.15, 0.2) is 31.0 Å². The lowest BCUT2D eigenvalue weighted by Gasteiger charge is -2.35. The molecule has 2 aliphatic heterocycles. The van der Waals surface area contributed by atoms with Gasteiger partial charge in [-0.05, 0) is 18.6 Å². The molecule has 41 heavy (non-hydrogen) atoms. The number of aromatic amines is 1. The normalized spacial score (nSPS) is 19.2. The second kappa shape index (κ2) is 11.2. The molecule has 0 radical (unpaired) electrons. The van der Waals surface area contributed by atoms with Crippen molar-refractivity contribution in [3.05, 3.63) is 47.0 Å². The third-order valence-corrected chi connectivity index (χ3v) is 7.56. The van der Waals surface area contributed by atoms with Crippen LogP contribution in [0, 0.1) is 5.82 Å². The van der Waals surface area contributed by atoms with Crippen LogP contribution in [0.5, 0.6) is 17.6 Å². The Morgan fingerprint density at radius 2 is 1.98 bits per heavy atom. The maximum Gasteiger partial charge on any atom is 0.319 e. The van der Waals surface area contributed by atoms with E-state index in [0.29, 0.717) is 54.7 Å². The number of nitrogens with one attached hydrogen (secondary N) is 2. The lowest BCUT2D eigenvalue weighted by Crippen LogP contribution is -2.48. The van der Waals surface area contributed by atoms with Crippen molar-refractivity contribution in [2.24, 2.45) is 0 Å². The van der Waals surface area contributed by atoms with Gasteiger partial charge in [0.25, 0.3) is 0 Å². The minimum atomic E-state index is -0.951.